The van der Waals surface area contributed by atoms with Crippen LogP contribution in [0.1, 0.15) is 26.3 Å². The first-order valence-electron chi connectivity index (χ1n) is 8.49. The molecule has 2 aromatic rings. The second-order valence-corrected chi connectivity index (χ2v) is 7.02. The number of anilines is 2. The molecule has 0 aliphatic carbocycles. The van der Waals surface area contributed by atoms with Crippen molar-refractivity contribution in [3.63, 3.8) is 0 Å². The van der Waals surface area contributed by atoms with E-state index in [1.165, 1.54) is 31.4 Å². The summed E-state index contributed by atoms with van der Waals surface area (Å²) < 4.78 is 37.7. The Kier molecular flexibility index (Phi) is 6.56. The van der Waals surface area contributed by atoms with Crippen molar-refractivity contribution >= 4 is 23.4 Å². The molecular weight excluding hydrogens is 370 g/mol. The molecule has 0 heterocycles. The predicted molar refractivity (Wildman–Crippen MR) is 102 cm³/mol. The third-order valence-corrected chi connectivity index (χ3v) is 3.47. The van der Waals surface area contributed by atoms with Gasteiger partial charge in [0.05, 0.1) is 19.2 Å². The van der Waals surface area contributed by atoms with Gasteiger partial charge >= 0.3 is 6.09 Å². The summed E-state index contributed by atoms with van der Waals surface area (Å²) in [5.74, 6) is -1.75. The Balaban J connectivity index is 2.05. The van der Waals surface area contributed by atoms with Crippen LogP contribution in [-0.4, -0.2) is 24.7 Å². The molecule has 0 fully saturated rings. The number of carbonyl (C=O) groups is 2. The number of hydrogen-bond donors (Lipinski definition) is 2. The van der Waals surface area contributed by atoms with Gasteiger partial charge in [0.1, 0.15) is 11.4 Å². The first-order valence-corrected chi connectivity index (χ1v) is 8.49. The zero-order valence-corrected chi connectivity index (χ0v) is 16.1. The molecule has 0 radical (unpaired) electrons. The average molecular weight is 392 g/mol. The number of hydrogen-bond acceptors (Lipinski definition) is 4. The van der Waals surface area contributed by atoms with Crippen LogP contribution in [0, 0.1) is 11.6 Å². The Hall–Kier alpha value is -3.16. The lowest BCUT2D eigenvalue weighted by molar-refractivity contribution is -0.115. The van der Waals surface area contributed by atoms with Gasteiger partial charge in [-0.3, -0.25) is 10.1 Å². The number of carbonyl (C=O) groups excluding carboxylic acids is 2. The Bertz CT molecular complexity index is 879. The minimum Gasteiger partial charge on any atom is -0.494 e. The quantitative estimate of drug-likeness (QED) is 0.785. The van der Waals surface area contributed by atoms with Gasteiger partial charge in [-0.15, -0.1) is 0 Å². The number of methoxy groups -OCH3 is 1. The molecule has 0 unspecified atom stereocenters. The number of nitrogens with one attached hydrogen (secondary N) is 2. The molecule has 0 saturated carbocycles. The lowest BCUT2D eigenvalue weighted by Gasteiger charge is -2.19. The van der Waals surface area contributed by atoms with E-state index in [0.29, 0.717) is 5.56 Å². The number of amides is 2. The van der Waals surface area contributed by atoms with Crippen molar-refractivity contribution in [2.24, 2.45) is 0 Å². The molecule has 0 aromatic heterocycles. The van der Waals surface area contributed by atoms with Crippen molar-refractivity contribution in [3.05, 3.63) is 53.6 Å². The van der Waals surface area contributed by atoms with Crippen LogP contribution < -0.4 is 15.4 Å². The summed E-state index contributed by atoms with van der Waals surface area (Å²) in [6.45, 7) is 5.14. The third kappa shape index (κ3) is 6.22. The smallest absolute Gasteiger partial charge is 0.412 e. The van der Waals surface area contributed by atoms with Crippen LogP contribution in [0.15, 0.2) is 36.4 Å². The number of benzene rings is 2. The Labute approximate surface area is 161 Å². The van der Waals surface area contributed by atoms with Crippen LogP contribution in [-0.2, 0) is 16.0 Å². The van der Waals surface area contributed by atoms with E-state index in [-0.39, 0.29) is 23.5 Å². The molecular formula is C20H22F2N2O4. The van der Waals surface area contributed by atoms with E-state index >= 15 is 0 Å². The van der Waals surface area contributed by atoms with Crippen LogP contribution >= 0.6 is 0 Å². The lowest BCUT2D eigenvalue weighted by atomic mass is 10.1. The van der Waals surface area contributed by atoms with Gasteiger partial charge in [0, 0.05) is 5.69 Å². The van der Waals surface area contributed by atoms with E-state index in [0.717, 1.165) is 6.07 Å². The first-order chi connectivity index (χ1) is 13.1. The SMILES string of the molecule is COc1ccc(CC(=O)Nc2cc(NC(=O)OC(C)(C)C)ccc2F)cc1F. The normalized spacial score (nSPS) is 10.9. The van der Waals surface area contributed by atoms with Crippen molar-refractivity contribution in [1.29, 1.82) is 0 Å². The molecule has 0 aliphatic rings. The molecule has 0 bridgehead atoms. The molecule has 150 valence electrons. The Morgan fingerprint density at radius 1 is 1.00 bits per heavy atom. The second kappa shape index (κ2) is 8.69. The largest absolute Gasteiger partial charge is 0.494 e. The highest BCUT2D eigenvalue weighted by atomic mass is 19.1. The average Bonchev–Trinajstić information content (AvgIpc) is 2.56. The van der Waals surface area contributed by atoms with Crippen molar-refractivity contribution in [2.75, 3.05) is 17.7 Å². The molecule has 0 spiro atoms. The van der Waals surface area contributed by atoms with Gasteiger partial charge in [-0.2, -0.15) is 0 Å². The summed E-state index contributed by atoms with van der Waals surface area (Å²) in [6, 6.07) is 7.84. The standard InChI is InChI=1S/C20H22F2N2O4/c1-20(2,3)28-19(26)23-13-6-7-14(21)16(11-13)24-18(25)10-12-5-8-17(27-4)15(22)9-12/h5-9,11H,10H2,1-4H3,(H,23,26)(H,24,25). The van der Waals surface area contributed by atoms with Gasteiger partial charge in [-0.1, -0.05) is 6.07 Å². The summed E-state index contributed by atoms with van der Waals surface area (Å²) in [5.41, 5.74) is -0.150. The molecule has 2 amide bonds. The van der Waals surface area contributed by atoms with Crippen LogP contribution in [0.3, 0.4) is 0 Å². The number of halogens is 2. The maximum Gasteiger partial charge on any atom is 0.412 e. The van der Waals surface area contributed by atoms with Crippen LogP contribution in [0.2, 0.25) is 0 Å². The number of ether oxygens (including phenoxy) is 2. The molecule has 28 heavy (non-hydrogen) atoms. The zero-order valence-electron chi connectivity index (χ0n) is 16.1. The summed E-state index contributed by atoms with van der Waals surface area (Å²) in [4.78, 5) is 24.0. The molecule has 0 atom stereocenters. The van der Waals surface area contributed by atoms with Crippen LogP contribution in [0.4, 0.5) is 25.0 Å². The fourth-order valence-electron chi connectivity index (χ4n) is 2.32. The minimum absolute atomic E-state index is 0.0659. The van der Waals surface area contributed by atoms with Gasteiger partial charge in [-0.25, -0.2) is 13.6 Å². The van der Waals surface area contributed by atoms with Gasteiger partial charge in [0.15, 0.2) is 11.6 Å². The first kappa shape index (κ1) is 21.1. The van der Waals surface area contributed by atoms with Crippen molar-refractivity contribution in [3.8, 4) is 5.75 Å². The summed E-state index contributed by atoms with van der Waals surface area (Å²) in [7, 11) is 1.34. The van der Waals surface area contributed by atoms with Crippen LogP contribution in [0.25, 0.3) is 0 Å². The van der Waals surface area contributed by atoms with Crippen molar-refractivity contribution in [2.45, 2.75) is 32.8 Å². The summed E-state index contributed by atoms with van der Waals surface area (Å²) in [5, 5.41) is 4.88. The molecule has 2 rings (SSSR count). The van der Waals surface area contributed by atoms with Gasteiger partial charge in [0.2, 0.25) is 5.91 Å². The number of rotatable bonds is 5. The van der Waals surface area contributed by atoms with Gasteiger partial charge in [0.25, 0.3) is 0 Å². The minimum atomic E-state index is -0.704. The van der Waals surface area contributed by atoms with Crippen molar-refractivity contribution < 1.29 is 27.8 Å². The molecule has 0 aliphatic heterocycles. The summed E-state index contributed by atoms with van der Waals surface area (Å²) >= 11 is 0. The van der Waals surface area contributed by atoms with Gasteiger partial charge in [-0.05, 0) is 56.7 Å². The predicted octanol–water partition coefficient (Wildman–Crippen LogP) is 4.50. The maximum absolute atomic E-state index is 14.0. The fourth-order valence-corrected chi connectivity index (χ4v) is 2.32. The van der Waals surface area contributed by atoms with E-state index in [9.17, 15) is 18.4 Å². The van der Waals surface area contributed by atoms with E-state index < -0.39 is 29.2 Å². The fraction of sp³-hybridized carbons (Fsp3) is 0.300. The zero-order chi connectivity index (χ0) is 20.9. The highest BCUT2D eigenvalue weighted by Gasteiger charge is 2.17. The molecule has 0 saturated heterocycles. The lowest BCUT2D eigenvalue weighted by Crippen LogP contribution is -2.27. The van der Waals surface area contributed by atoms with Gasteiger partial charge < -0.3 is 14.8 Å². The van der Waals surface area contributed by atoms with Crippen LogP contribution in [0.5, 0.6) is 5.75 Å². The third-order valence-electron chi connectivity index (χ3n) is 3.47. The molecule has 2 aromatic carbocycles. The van der Waals surface area contributed by atoms with Crippen molar-refractivity contribution in [1.82, 2.24) is 0 Å². The second-order valence-electron chi connectivity index (χ2n) is 7.02. The monoisotopic (exact) mass is 392 g/mol. The van der Waals surface area contributed by atoms with E-state index in [2.05, 4.69) is 10.6 Å². The van der Waals surface area contributed by atoms with E-state index in [4.69, 9.17) is 9.47 Å². The van der Waals surface area contributed by atoms with E-state index in [1.54, 1.807) is 26.8 Å². The summed E-state index contributed by atoms with van der Waals surface area (Å²) in [6.07, 6.45) is -0.866. The molecule has 6 nitrogen and oxygen atoms in total. The molecule has 2 N–H and O–H groups in total. The Morgan fingerprint density at radius 3 is 2.32 bits per heavy atom. The Morgan fingerprint density at radius 2 is 1.71 bits per heavy atom. The maximum atomic E-state index is 14.0. The topological polar surface area (TPSA) is 76.7 Å². The van der Waals surface area contributed by atoms with E-state index in [1.807, 2.05) is 0 Å². The molecule has 8 heteroatoms. The highest BCUT2D eigenvalue weighted by molar-refractivity contribution is 5.93. The highest BCUT2D eigenvalue weighted by Crippen LogP contribution is 2.22.